The molecule has 21 heavy (non-hydrogen) atoms. The van der Waals surface area contributed by atoms with E-state index in [0.717, 1.165) is 18.5 Å². The van der Waals surface area contributed by atoms with E-state index in [2.05, 4.69) is 0 Å². The number of carbonyl (C=O) groups is 1. The minimum atomic E-state index is -3.82. The van der Waals surface area contributed by atoms with Gasteiger partial charge >= 0.3 is 0 Å². The molecule has 0 atom stereocenters. The van der Waals surface area contributed by atoms with Crippen LogP contribution in [0.5, 0.6) is 0 Å². The van der Waals surface area contributed by atoms with Gasteiger partial charge in [-0.05, 0) is 49.8 Å². The number of amides is 1. The lowest BCUT2D eigenvalue weighted by Crippen LogP contribution is -2.34. The van der Waals surface area contributed by atoms with E-state index in [9.17, 15) is 13.2 Å². The number of hydrogen-bond donors (Lipinski definition) is 0. The number of halogens is 1. The molecule has 1 aliphatic carbocycles. The van der Waals surface area contributed by atoms with Gasteiger partial charge in [-0.2, -0.15) is 0 Å². The number of benzene rings is 1. The van der Waals surface area contributed by atoms with Crippen molar-refractivity contribution in [2.24, 2.45) is 5.92 Å². The summed E-state index contributed by atoms with van der Waals surface area (Å²) in [7, 11) is 1.55. The summed E-state index contributed by atoms with van der Waals surface area (Å²) in [5.74, 6) is 0.490. The summed E-state index contributed by atoms with van der Waals surface area (Å²) in [6, 6.07) is 4.44. The molecule has 4 nitrogen and oxygen atoms in total. The molecule has 116 valence electrons. The van der Waals surface area contributed by atoms with Crippen molar-refractivity contribution in [2.45, 2.75) is 38.0 Å². The van der Waals surface area contributed by atoms with Crippen LogP contribution in [0.1, 0.15) is 42.1 Å². The summed E-state index contributed by atoms with van der Waals surface area (Å²) < 4.78 is 22.9. The first kappa shape index (κ1) is 16.3. The van der Waals surface area contributed by atoms with Crippen LogP contribution in [-0.4, -0.2) is 32.3 Å². The third kappa shape index (κ3) is 4.20. The van der Waals surface area contributed by atoms with Crippen molar-refractivity contribution in [1.29, 1.82) is 0 Å². The standard InChI is InChI=1S/C15H20ClNO3S/c1-3-8-17(10-12-5-6-12)15(18)14-9-13(21(16,19)20)7-4-11(14)2/h4,7,9,12H,3,5-6,8,10H2,1-2H3. The molecule has 0 aromatic heterocycles. The molecular weight excluding hydrogens is 310 g/mol. The van der Waals surface area contributed by atoms with Crippen molar-refractivity contribution in [3.8, 4) is 0 Å². The maximum absolute atomic E-state index is 12.7. The minimum Gasteiger partial charge on any atom is -0.338 e. The van der Waals surface area contributed by atoms with Gasteiger partial charge in [0, 0.05) is 29.3 Å². The molecule has 6 heteroatoms. The Bertz CT molecular complexity index is 638. The lowest BCUT2D eigenvalue weighted by molar-refractivity contribution is 0.0746. The van der Waals surface area contributed by atoms with E-state index in [-0.39, 0.29) is 10.8 Å². The van der Waals surface area contributed by atoms with Gasteiger partial charge in [0.1, 0.15) is 0 Å². The number of nitrogens with zero attached hydrogens (tertiary/aromatic N) is 1. The fourth-order valence-corrected chi connectivity index (χ4v) is 3.09. The molecule has 0 saturated heterocycles. The first-order chi connectivity index (χ1) is 9.82. The Morgan fingerprint density at radius 2 is 2.05 bits per heavy atom. The molecule has 0 unspecified atom stereocenters. The van der Waals surface area contributed by atoms with Gasteiger partial charge in [0.2, 0.25) is 0 Å². The third-order valence-corrected chi connectivity index (χ3v) is 5.03. The van der Waals surface area contributed by atoms with Crippen LogP contribution >= 0.6 is 10.7 Å². The van der Waals surface area contributed by atoms with Crippen LogP contribution in [0.25, 0.3) is 0 Å². The Morgan fingerprint density at radius 1 is 1.38 bits per heavy atom. The number of hydrogen-bond acceptors (Lipinski definition) is 3. The molecule has 1 amide bonds. The van der Waals surface area contributed by atoms with Crippen LogP contribution in [-0.2, 0) is 9.05 Å². The Kier molecular flexibility index (Phi) is 4.94. The van der Waals surface area contributed by atoms with Crippen molar-refractivity contribution < 1.29 is 13.2 Å². The summed E-state index contributed by atoms with van der Waals surface area (Å²) >= 11 is 0. The van der Waals surface area contributed by atoms with Crippen molar-refractivity contribution in [3.63, 3.8) is 0 Å². The highest BCUT2D eigenvalue weighted by atomic mass is 35.7. The maximum Gasteiger partial charge on any atom is 0.261 e. The molecule has 0 N–H and O–H groups in total. The summed E-state index contributed by atoms with van der Waals surface area (Å²) in [5.41, 5.74) is 1.19. The topological polar surface area (TPSA) is 54.5 Å². The molecule has 0 aliphatic heterocycles. The SMILES string of the molecule is CCCN(CC1CC1)C(=O)c1cc(S(=O)(=O)Cl)ccc1C. The lowest BCUT2D eigenvalue weighted by atomic mass is 10.1. The fourth-order valence-electron chi connectivity index (χ4n) is 2.31. The zero-order valence-corrected chi connectivity index (χ0v) is 13.9. The van der Waals surface area contributed by atoms with Crippen LogP contribution in [0, 0.1) is 12.8 Å². The van der Waals surface area contributed by atoms with E-state index >= 15 is 0 Å². The predicted molar refractivity (Wildman–Crippen MR) is 83.1 cm³/mol. The van der Waals surface area contributed by atoms with Crippen LogP contribution < -0.4 is 0 Å². The lowest BCUT2D eigenvalue weighted by Gasteiger charge is -2.23. The summed E-state index contributed by atoms with van der Waals surface area (Å²) in [4.78, 5) is 14.5. The Morgan fingerprint density at radius 3 is 2.57 bits per heavy atom. The van der Waals surface area contributed by atoms with Crippen molar-refractivity contribution in [3.05, 3.63) is 29.3 Å². The van der Waals surface area contributed by atoms with Gasteiger partial charge in [-0.1, -0.05) is 13.0 Å². The van der Waals surface area contributed by atoms with Gasteiger partial charge in [-0.3, -0.25) is 4.79 Å². The van der Waals surface area contributed by atoms with Crippen molar-refractivity contribution in [1.82, 2.24) is 4.90 Å². The summed E-state index contributed by atoms with van der Waals surface area (Å²) in [6.07, 6.45) is 3.22. The number of carbonyl (C=O) groups excluding carboxylic acids is 1. The molecule has 1 saturated carbocycles. The van der Waals surface area contributed by atoms with Crippen LogP contribution in [0.4, 0.5) is 0 Å². The third-order valence-electron chi connectivity index (χ3n) is 3.68. The van der Waals surface area contributed by atoms with Gasteiger partial charge in [0.05, 0.1) is 4.90 Å². The Balaban J connectivity index is 2.31. The molecule has 1 fully saturated rings. The van der Waals surface area contributed by atoms with Gasteiger partial charge < -0.3 is 4.90 Å². The van der Waals surface area contributed by atoms with Gasteiger partial charge in [0.15, 0.2) is 0 Å². The van der Waals surface area contributed by atoms with Gasteiger partial charge in [-0.25, -0.2) is 8.42 Å². The van der Waals surface area contributed by atoms with Crippen molar-refractivity contribution in [2.75, 3.05) is 13.1 Å². The second-order valence-corrected chi connectivity index (χ2v) is 8.18. The van der Waals surface area contributed by atoms with Crippen LogP contribution in [0.2, 0.25) is 0 Å². The van der Waals surface area contributed by atoms with E-state index in [1.807, 2.05) is 11.8 Å². The quantitative estimate of drug-likeness (QED) is 0.753. The second-order valence-electron chi connectivity index (χ2n) is 5.61. The molecule has 2 rings (SSSR count). The molecule has 0 bridgehead atoms. The monoisotopic (exact) mass is 329 g/mol. The number of rotatable bonds is 6. The molecule has 1 aromatic carbocycles. The zero-order valence-electron chi connectivity index (χ0n) is 12.3. The van der Waals surface area contributed by atoms with E-state index in [4.69, 9.17) is 10.7 Å². The van der Waals surface area contributed by atoms with E-state index in [1.165, 1.54) is 25.0 Å². The highest BCUT2D eigenvalue weighted by molar-refractivity contribution is 8.13. The smallest absolute Gasteiger partial charge is 0.261 e. The normalized spacial score (nSPS) is 15.0. The summed E-state index contributed by atoms with van der Waals surface area (Å²) in [5, 5.41) is 0. The molecule has 0 heterocycles. The molecule has 0 radical (unpaired) electrons. The van der Waals surface area contributed by atoms with Crippen molar-refractivity contribution >= 4 is 25.6 Å². The first-order valence-corrected chi connectivity index (χ1v) is 9.48. The molecule has 1 aliphatic rings. The zero-order chi connectivity index (χ0) is 15.6. The van der Waals surface area contributed by atoms with E-state index in [1.54, 1.807) is 13.0 Å². The average molecular weight is 330 g/mol. The minimum absolute atomic E-state index is 0.0269. The fraction of sp³-hybridized carbons (Fsp3) is 0.533. The van der Waals surface area contributed by atoms with E-state index in [0.29, 0.717) is 18.0 Å². The first-order valence-electron chi connectivity index (χ1n) is 7.17. The number of aryl methyl sites for hydroxylation is 1. The van der Waals surface area contributed by atoms with E-state index < -0.39 is 9.05 Å². The Hall–Kier alpha value is -1.07. The largest absolute Gasteiger partial charge is 0.338 e. The molecule has 1 aromatic rings. The molecular formula is C15H20ClNO3S. The van der Waals surface area contributed by atoms with Crippen LogP contribution in [0.15, 0.2) is 23.1 Å². The average Bonchev–Trinajstić information content (AvgIpc) is 3.20. The summed E-state index contributed by atoms with van der Waals surface area (Å²) in [6.45, 7) is 5.27. The highest BCUT2D eigenvalue weighted by Gasteiger charge is 2.28. The maximum atomic E-state index is 12.7. The Labute approximate surface area is 130 Å². The van der Waals surface area contributed by atoms with Crippen LogP contribution in [0.3, 0.4) is 0 Å². The molecule has 0 spiro atoms. The second kappa shape index (κ2) is 6.36. The predicted octanol–water partition coefficient (Wildman–Crippen LogP) is 3.18. The van der Waals surface area contributed by atoms with Gasteiger partial charge in [-0.15, -0.1) is 0 Å². The highest BCUT2D eigenvalue weighted by Crippen LogP contribution is 2.30. The van der Waals surface area contributed by atoms with Gasteiger partial charge in [0.25, 0.3) is 15.0 Å².